The van der Waals surface area contributed by atoms with Gasteiger partial charge in [-0.05, 0) is 45.4 Å². The Labute approximate surface area is 129 Å². The fourth-order valence-corrected chi connectivity index (χ4v) is 2.81. The molecular weight excluding hydrogens is 264 g/mol. The number of nitrogens with one attached hydrogen (secondary N) is 2. The van der Waals surface area contributed by atoms with Crippen LogP contribution in [0.1, 0.15) is 72.1 Å². The molecule has 0 aromatic heterocycles. The van der Waals surface area contributed by atoms with E-state index in [9.17, 15) is 9.59 Å². The number of amides is 2. The summed E-state index contributed by atoms with van der Waals surface area (Å²) in [5.41, 5.74) is 0. The maximum absolute atomic E-state index is 12.1. The first-order chi connectivity index (χ1) is 10.1. The molecule has 1 atom stereocenters. The van der Waals surface area contributed by atoms with Gasteiger partial charge in [0, 0.05) is 24.4 Å². The van der Waals surface area contributed by atoms with Gasteiger partial charge < -0.3 is 10.6 Å². The summed E-state index contributed by atoms with van der Waals surface area (Å²) < 4.78 is 0. The van der Waals surface area contributed by atoms with Crippen molar-refractivity contribution in [3.63, 3.8) is 0 Å². The molecule has 1 rings (SSSR count). The van der Waals surface area contributed by atoms with Crippen LogP contribution in [0.4, 0.5) is 0 Å². The average molecular weight is 296 g/mol. The average Bonchev–Trinajstić information content (AvgIpc) is 2.51. The molecule has 1 aliphatic rings. The van der Waals surface area contributed by atoms with Crippen LogP contribution in [0.2, 0.25) is 0 Å². The second kappa shape index (κ2) is 9.80. The molecule has 1 aliphatic carbocycles. The Morgan fingerprint density at radius 1 is 1.00 bits per heavy atom. The molecule has 1 saturated carbocycles. The monoisotopic (exact) mass is 296 g/mol. The molecule has 1 fully saturated rings. The van der Waals surface area contributed by atoms with Crippen molar-refractivity contribution in [3.8, 4) is 0 Å². The molecule has 0 heterocycles. The normalized spacial score (nSPS) is 23.4. The van der Waals surface area contributed by atoms with Gasteiger partial charge in [0.05, 0.1) is 0 Å². The van der Waals surface area contributed by atoms with Crippen molar-refractivity contribution in [1.29, 1.82) is 0 Å². The van der Waals surface area contributed by atoms with E-state index in [0.29, 0.717) is 0 Å². The Hall–Kier alpha value is -1.06. The summed E-state index contributed by atoms with van der Waals surface area (Å²) in [4.78, 5) is 24.1. The Kier molecular flexibility index (Phi) is 8.40. The van der Waals surface area contributed by atoms with Crippen LogP contribution in [0.3, 0.4) is 0 Å². The van der Waals surface area contributed by atoms with Crippen molar-refractivity contribution in [2.75, 3.05) is 6.54 Å². The van der Waals surface area contributed by atoms with E-state index in [0.717, 1.165) is 45.1 Å². The molecule has 0 aromatic carbocycles. The van der Waals surface area contributed by atoms with Gasteiger partial charge in [-0.15, -0.1) is 0 Å². The van der Waals surface area contributed by atoms with E-state index in [-0.39, 0.29) is 29.7 Å². The van der Waals surface area contributed by atoms with Gasteiger partial charge in [0.2, 0.25) is 11.8 Å². The second-order valence-corrected chi connectivity index (χ2v) is 6.36. The third-order valence-corrected chi connectivity index (χ3v) is 4.55. The number of unbranched alkanes of at least 4 members (excludes halogenated alkanes) is 2. The molecular formula is C17H32N2O2. The minimum atomic E-state index is 0.100. The van der Waals surface area contributed by atoms with Crippen LogP contribution < -0.4 is 10.6 Å². The first-order valence-corrected chi connectivity index (χ1v) is 8.66. The summed E-state index contributed by atoms with van der Waals surface area (Å²) in [6.45, 7) is 7.06. The zero-order valence-electron chi connectivity index (χ0n) is 13.9. The quantitative estimate of drug-likeness (QED) is 0.676. The van der Waals surface area contributed by atoms with Crippen LogP contribution in [0, 0.1) is 11.8 Å². The topological polar surface area (TPSA) is 58.2 Å². The Balaban J connectivity index is 2.25. The molecule has 122 valence electrons. The predicted molar refractivity (Wildman–Crippen MR) is 85.9 cm³/mol. The number of carbonyl (C=O) groups is 2. The lowest BCUT2D eigenvalue weighted by molar-refractivity contribution is -0.130. The minimum Gasteiger partial charge on any atom is -0.356 e. The van der Waals surface area contributed by atoms with Crippen molar-refractivity contribution >= 4 is 11.8 Å². The van der Waals surface area contributed by atoms with Crippen LogP contribution in [-0.4, -0.2) is 24.4 Å². The molecule has 21 heavy (non-hydrogen) atoms. The molecule has 4 heteroatoms. The largest absolute Gasteiger partial charge is 0.356 e. The van der Waals surface area contributed by atoms with E-state index in [1.54, 1.807) is 0 Å². The molecule has 0 spiro atoms. The molecule has 0 bridgehead atoms. The third-order valence-electron chi connectivity index (χ3n) is 4.55. The smallest absolute Gasteiger partial charge is 0.223 e. The van der Waals surface area contributed by atoms with Crippen LogP contribution in [0.15, 0.2) is 0 Å². The highest BCUT2D eigenvalue weighted by molar-refractivity contribution is 5.81. The van der Waals surface area contributed by atoms with Gasteiger partial charge in [0.15, 0.2) is 0 Å². The highest BCUT2D eigenvalue weighted by Gasteiger charge is 2.29. The summed E-state index contributed by atoms with van der Waals surface area (Å²) >= 11 is 0. The van der Waals surface area contributed by atoms with Crippen LogP contribution >= 0.6 is 0 Å². The molecule has 2 amide bonds. The van der Waals surface area contributed by atoms with Gasteiger partial charge in [0.1, 0.15) is 0 Å². The highest BCUT2D eigenvalue weighted by Crippen LogP contribution is 2.29. The predicted octanol–water partition coefficient (Wildman–Crippen LogP) is 3.01. The lowest BCUT2D eigenvalue weighted by Crippen LogP contribution is -2.40. The lowest BCUT2D eigenvalue weighted by Gasteiger charge is -2.28. The molecule has 0 radical (unpaired) electrons. The third kappa shape index (κ3) is 6.49. The van der Waals surface area contributed by atoms with Gasteiger partial charge in [-0.3, -0.25) is 9.59 Å². The number of hydrogen-bond acceptors (Lipinski definition) is 2. The van der Waals surface area contributed by atoms with Crippen LogP contribution in [-0.2, 0) is 9.59 Å². The van der Waals surface area contributed by atoms with Gasteiger partial charge in [0.25, 0.3) is 0 Å². The van der Waals surface area contributed by atoms with Crippen molar-refractivity contribution in [1.82, 2.24) is 10.6 Å². The van der Waals surface area contributed by atoms with Crippen LogP contribution in [0.25, 0.3) is 0 Å². The van der Waals surface area contributed by atoms with Crippen molar-refractivity contribution in [2.24, 2.45) is 11.8 Å². The van der Waals surface area contributed by atoms with Gasteiger partial charge in [-0.2, -0.15) is 0 Å². The SMILES string of the molecule is CCCCCNC(=O)C1CCC(C(=O)NC(C)CC)CC1. The first-order valence-electron chi connectivity index (χ1n) is 8.66. The maximum atomic E-state index is 12.1. The summed E-state index contributed by atoms with van der Waals surface area (Å²) in [5.74, 6) is 0.570. The van der Waals surface area contributed by atoms with Gasteiger partial charge in [-0.25, -0.2) is 0 Å². The molecule has 0 aromatic rings. The summed E-state index contributed by atoms with van der Waals surface area (Å²) in [5, 5.41) is 6.09. The summed E-state index contributed by atoms with van der Waals surface area (Å²) in [6, 6.07) is 0.247. The van der Waals surface area contributed by atoms with E-state index in [4.69, 9.17) is 0 Å². The second-order valence-electron chi connectivity index (χ2n) is 6.36. The van der Waals surface area contributed by atoms with Crippen LogP contribution in [0.5, 0.6) is 0 Å². The minimum absolute atomic E-state index is 0.100. The molecule has 1 unspecified atom stereocenters. The van der Waals surface area contributed by atoms with E-state index in [1.165, 1.54) is 12.8 Å². The fraction of sp³-hybridized carbons (Fsp3) is 0.882. The molecule has 0 aliphatic heterocycles. The number of carbonyl (C=O) groups excluding carboxylic acids is 2. The summed E-state index contributed by atoms with van der Waals surface area (Å²) in [6.07, 6.45) is 7.74. The zero-order chi connectivity index (χ0) is 15.7. The van der Waals surface area contributed by atoms with Gasteiger partial charge >= 0.3 is 0 Å². The zero-order valence-corrected chi connectivity index (χ0v) is 13.9. The highest BCUT2D eigenvalue weighted by atomic mass is 16.2. The van der Waals surface area contributed by atoms with Crippen molar-refractivity contribution in [2.45, 2.75) is 78.2 Å². The van der Waals surface area contributed by atoms with E-state index in [2.05, 4.69) is 24.5 Å². The molecule has 4 nitrogen and oxygen atoms in total. The van der Waals surface area contributed by atoms with Crippen molar-refractivity contribution < 1.29 is 9.59 Å². The summed E-state index contributed by atoms with van der Waals surface area (Å²) in [7, 11) is 0. The maximum Gasteiger partial charge on any atom is 0.223 e. The fourth-order valence-electron chi connectivity index (χ4n) is 2.81. The Morgan fingerprint density at radius 3 is 2.10 bits per heavy atom. The standard InChI is InChI=1S/C17H32N2O2/c1-4-6-7-12-18-16(20)14-8-10-15(11-9-14)17(21)19-13(3)5-2/h13-15H,4-12H2,1-3H3,(H,18,20)(H,19,21). The molecule has 2 N–H and O–H groups in total. The van der Waals surface area contributed by atoms with E-state index < -0.39 is 0 Å². The van der Waals surface area contributed by atoms with Crippen molar-refractivity contribution in [3.05, 3.63) is 0 Å². The number of rotatable bonds is 8. The van der Waals surface area contributed by atoms with Gasteiger partial charge in [-0.1, -0.05) is 26.7 Å². The Morgan fingerprint density at radius 2 is 1.57 bits per heavy atom. The Bertz CT molecular complexity index is 323. The molecule has 0 saturated heterocycles. The van der Waals surface area contributed by atoms with E-state index >= 15 is 0 Å². The number of hydrogen-bond donors (Lipinski definition) is 2. The lowest BCUT2D eigenvalue weighted by atomic mass is 9.81. The first kappa shape index (κ1) is 18.0. The van der Waals surface area contributed by atoms with E-state index in [1.807, 2.05) is 6.92 Å².